The van der Waals surface area contributed by atoms with E-state index in [9.17, 15) is 4.79 Å². The number of nitrogens with one attached hydrogen (secondary N) is 1. The quantitative estimate of drug-likeness (QED) is 0.503. The van der Waals surface area contributed by atoms with Gasteiger partial charge in [0.25, 0.3) is 5.91 Å². The van der Waals surface area contributed by atoms with Gasteiger partial charge in [-0.1, -0.05) is 61.3 Å². The van der Waals surface area contributed by atoms with Crippen LogP contribution in [0.5, 0.6) is 11.5 Å². The van der Waals surface area contributed by atoms with Crippen LogP contribution in [0.2, 0.25) is 5.02 Å². The van der Waals surface area contributed by atoms with E-state index in [2.05, 4.69) is 12.2 Å². The number of anilines is 1. The summed E-state index contributed by atoms with van der Waals surface area (Å²) < 4.78 is 10.8. The van der Waals surface area contributed by atoms with E-state index in [-0.39, 0.29) is 17.4 Å². The van der Waals surface area contributed by atoms with Gasteiger partial charge in [-0.3, -0.25) is 4.79 Å². The number of methoxy groups -OCH3 is 2. The minimum Gasteiger partial charge on any atom is -0.493 e. The molecule has 0 bridgehead atoms. The third kappa shape index (κ3) is 4.71. The van der Waals surface area contributed by atoms with Crippen LogP contribution in [0.1, 0.15) is 38.2 Å². The van der Waals surface area contributed by atoms with Crippen LogP contribution in [0, 0.1) is 5.92 Å². The van der Waals surface area contributed by atoms with Crippen molar-refractivity contribution in [3.05, 3.63) is 58.0 Å². The molecule has 0 radical (unpaired) electrons. The lowest BCUT2D eigenvalue weighted by Crippen LogP contribution is -2.48. The molecular weight excluding hydrogens is 444 g/mol. The van der Waals surface area contributed by atoms with Crippen molar-refractivity contribution >= 4 is 41.0 Å². The third-order valence-corrected chi connectivity index (χ3v) is 7.66. The number of hydrogen-bond acceptors (Lipinski definition) is 5. The highest BCUT2D eigenvalue weighted by molar-refractivity contribution is 8.05. The van der Waals surface area contributed by atoms with Gasteiger partial charge in [-0.05, 0) is 48.6 Å². The first-order valence-corrected chi connectivity index (χ1v) is 12.2. The highest BCUT2D eigenvalue weighted by atomic mass is 35.5. The lowest BCUT2D eigenvalue weighted by molar-refractivity contribution is -0.129. The average Bonchev–Trinajstić information content (AvgIpc) is 3.10. The molecular formula is C25H29ClN2O3S. The summed E-state index contributed by atoms with van der Waals surface area (Å²) >= 11 is 8.05. The highest BCUT2D eigenvalue weighted by Gasteiger charge is 2.43. The van der Waals surface area contributed by atoms with Gasteiger partial charge in [0.15, 0.2) is 17.0 Å². The Balaban J connectivity index is 1.68. The van der Waals surface area contributed by atoms with Crippen LogP contribution in [0.25, 0.3) is 6.08 Å². The normalized spacial score (nSPS) is 24.6. The van der Waals surface area contributed by atoms with E-state index in [0.717, 1.165) is 30.5 Å². The summed E-state index contributed by atoms with van der Waals surface area (Å²) in [6.45, 7) is 2.26. The molecule has 7 heteroatoms. The summed E-state index contributed by atoms with van der Waals surface area (Å²) in [5, 5.41) is 4.07. The van der Waals surface area contributed by atoms with Crippen molar-refractivity contribution < 1.29 is 14.3 Å². The second kappa shape index (κ2) is 10.1. The molecule has 32 heavy (non-hydrogen) atoms. The summed E-state index contributed by atoms with van der Waals surface area (Å²) in [7, 11) is 3.16. The molecule has 1 unspecified atom stereocenters. The number of thioether (sulfide) groups is 1. The first-order valence-electron chi connectivity index (χ1n) is 11.0. The van der Waals surface area contributed by atoms with Crippen LogP contribution in [-0.2, 0) is 4.79 Å². The summed E-state index contributed by atoms with van der Waals surface area (Å²) in [4.78, 5) is 16.4. The number of hydrogen-bond donors (Lipinski definition) is 1. The fraction of sp³-hybridized carbons (Fsp3) is 0.400. The predicted molar refractivity (Wildman–Crippen MR) is 132 cm³/mol. The van der Waals surface area contributed by atoms with E-state index >= 15 is 0 Å². The SMILES string of the molecule is COc1cc(Cl)c(/C=C2\SC(Nc3ccccc3)N([C@H]3CCCC[C@H]3C)C2=O)cc1OC. The topological polar surface area (TPSA) is 50.8 Å². The van der Waals surface area contributed by atoms with Gasteiger partial charge < -0.3 is 19.7 Å². The van der Waals surface area contributed by atoms with Gasteiger partial charge in [0.2, 0.25) is 0 Å². The minimum absolute atomic E-state index is 0.0491. The number of carbonyl (C=O) groups is 1. The zero-order valence-corrected chi connectivity index (χ0v) is 20.2. The lowest BCUT2D eigenvalue weighted by Gasteiger charge is -2.39. The number of nitrogens with zero attached hydrogens (tertiary/aromatic N) is 1. The molecule has 1 N–H and O–H groups in total. The van der Waals surface area contributed by atoms with Gasteiger partial charge in [-0.15, -0.1) is 0 Å². The van der Waals surface area contributed by atoms with Crippen LogP contribution < -0.4 is 14.8 Å². The number of ether oxygens (including phenoxy) is 2. The fourth-order valence-electron chi connectivity index (χ4n) is 4.49. The van der Waals surface area contributed by atoms with E-state index in [0.29, 0.717) is 27.3 Å². The number of rotatable bonds is 6. The Labute approximate surface area is 199 Å². The molecule has 1 aliphatic heterocycles. The molecule has 0 aromatic heterocycles. The van der Waals surface area contributed by atoms with E-state index in [1.807, 2.05) is 47.4 Å². The van der Waals surface area contributed by atoms with Crippen molar-refractivity contribution in [1.29, 1.82) is 0 Å². The van der Waals surface area contributed by atoms with Crippen LogP contribution >= 0.6 is 23.4 Å². The second-order valence-electron chi connectivity index (χ2n) is 8.26. The standard InChI is InChI=1S/C25H29ClN2O3S/c1-16-9-7-8-12-20(16)28-24(29)23(32-25(28)27-18-10-5-4-6-11-18)14-17-13-21(30-2)22(31-3)15-19(17)26/h4-6,10-11,13-16,20,25,27H,7-9,12H2,1-3H3/b23-14-/t16-,20+,25?/m1/s1. The molecule has 2 aliphatic rings. The van der Waals surface area contributed by atoms with Gasteiger partial charge in [-0.25, -0.2) is 0 Å². The third-order valence-electron chi connectivity index (χ3n) is 6.21. The molecule has 1 heterocycles. The molecule has 2 aromatic rings. The van der Waals surface area contributed by atoms with Gasteiger partial charge in [0, 0.05) is 17.8 Å². The highest BCUT2D eigenvalue weighted by Crippen LogP contribution is 2.43. The average molecular weight is 473 g/mol. The van der Waals surface area contributed by atoms with E-state index in [1.54, 1.807) is 32.0 Å². The van der Waals surface area contributed by atoms with E-state index in [4.69, 9.17) is 21.1 Å². The number of carbonyl (C=O) groups excluding carboxylic acids is 1. The zero-order valence-electron chi connectivity index (χ0n) is 18.6. The van der Waals surface area contributed by atoms with E-state index in [1.165, 1.54) is 6.42 Å². The molecule has 170 valence electrons. The summed E-state index contributed by atoms with van der Waals surface area (Å²) in [6, 6.07) is 13.8. The molecule has 2 aromatic carbocycles. The molecule has 0 spiro atoms. The van der Waals surface area contributed by atoms with Crippen molar-refractivity contribution in [1.82, 2.24) is 4.90 Å². The molecule has 1 saturated carbocycles. The van der Waals surface area contributed by atoms with Crippen LogP contribution in [0.3, 0.4) is 0 Å². The largest absolute Gasteiger partial charge is 0.493 e. The number of halogens is 1. The summed E-state index contributed by atoms with van der Waals surface area (Å²) in [6.07, 6.45) is 6.43. The number of amides is 1. The van der Waals surface area contributed by atoms with Crippen molar-refractivity contribution in [2.24, 2.45) is 5.92 Å². The number of benzene rings is 2. The van der Waals surface area contributed by atoms with Gasteiger partial charge in [-0.2, -0.15) is 0 Å². The summed E-state index contributed by atoms with van der Waals surface area (Å²) in [5.74, 6) is 1.66. The van der Waals surface area contributed by atoms with Gasteiger partial charge in [0.05, 0.1) is 24.1 Å². The minimum atomic E-state index is -0.166. The van der Waals surface area contributed by atoms with Gasteiger partial charge >= 0.3 is 0 Å². The smallest absolute Gasteiger partial charge is 0.262 e. The molecule has 1 amide bonds. The second-order valence-corrected chi connectivity index (χ2v) is 9.79. The maximum Gasteiger partial charge on any atom is 0.262 e. The Kier molecular flexibility index (Phi) is 7.21. The van der Waals surface area contributed by atoms with Crippen LogP contribution in [-0.4, -0.2) is 36.6 Å². The molecule has 5 nitrogen and oxygen atoms in total. The first kappa shape index (κ1) is 22.9. The molecule has 1 aliphatic carbocycles. The van der Waals surface area contributed by atoms with Crippen molar-refractivity contribution in [3.8, 4) is 11.5 Å². The van der Waals surface area contributed by atoms with Crippen molar-refractivity contribution in [2.75, 3.05) is 19.5 Å². The van der Waals surface area contributed by atoms with Crippen molar-refractivity contribution in [3.63, 3.8) is 0 Å². The Morgan fingerprint density at radius 1 is 1.09 bits per heavy atom. The maximum absolute atomic E-state index is 13.6. The van der Waals surface area contributed by atoms with Crippen molar-refractivity contribution in [2.45, 2.75) is 44.1 Å². The van der Waals surface area contributed by atoms with E-state index < -0.39 is 0 Å². The molecule has 3 atom stereocenters. The Hall–Kier alpha value is -2.31. The van der Waals surface area contributed by atoms with Gasteiger partial charge in [0.1, 0.15) is 0 Å². The lowest BCUT2D eigenvalue weighted by atomic mass is 9.85. The van der Waals surface area contributed by atoms with Crippen LogP contribution in [0.15, 0.2) is 47.4 Å². The molecule has 2 fully saturated rings. The summed E-state index contributed by atoms with van der Waals surface area (Å²) in [5.41, 5.74) is 1.56. The van der Waals surface area contributed by atoms with Crippen LogP contribution in [0.4, 0.5) is 5.69 Å². The maximum atomic E-state index is 13.6. The predicted octanol–water partition coefficient (Wildman–Crippen LogP) is 6.25. The molecule has 4 rings (SSSR count). The Morgan fingerprint density at radius 2 is 1.78 bits per heavy atom. The number of para-hydroxylation sites is 1. The monoisotopic (exact) mass is 472 g/mol. The first-order chi connectivity index (χ1) is 15.5. The molecule has 1 saturated heterocycles. The fourth-order valence-corrected chi connectivity index (χ4v) is 5.90. The zero-order chi connectivity index (χ0) is 22.7. The Morgan fingerprint density at radius 3 is 2.47 bits per heavy atom. The Bertz CT molecular complexity index is 998.